The molecule has 0 spiro atoms. The molecule has 6 nitrogen and oxygen atoms in total. The number of rotatable bonds is 5. The molecular formula is C10H14ClN3O3S. The minimum absolute atomic E-state index is 0.0384. The lowest BCUT2D eigenvalue weighted by Crippen LogP contribution is -2.35. The molecule has 1 aliphatic carbocycles. The van der Waals surface area contributed by atoms with E-state index in [-0.39, 0.29) is 17.3 Å². The maximum atomic E-state index is 12.0. The lowest BCUT2D eigenvalue weighted by Gasteiger charge is -2.20. The van der Waals surface area contributed by atoms with E-state index < -0.39 is 9.05 Å². The molecule has 1 fully saturated rings. The average molecular weight is 292 g/mol. The topological polar surface area (TPSA) is 72.3 Å². The van der Waals surface area contributed by atoms with Crippen LogP contribution < -0.4 is 0 Å². The third-order valence-corrected chi connectivity index (χ3v) is 4.15. The number of carbonyl (C=O) groups is 1. The van der Waals surface area contributed by atoms with Gasteiger partial charge in [0.05, 0.1) is 6.20 Å². The summed E-state index contributed by atoms with van der Waals surface area (Å²) in [5.41, 5.74) is 0. The highest BCUT2D eigenvalue weighted by Gasteiger charge is 2.31. The van der Waals surface area contributed by atoms with Gasteiger partial charge in [-0.1, -0.05) is 0 Å². The summed E-state index contributed by atoms with van der Waals surface area (Å²) in [5, 5.41) is 3.82. The molecule has 1 heterocycles. The van der Waals surface area contributed by atoms with Gasteiger partial charge in [-0.05, 0) is 19.8 Å². The number of halogens is 1. The van der Waals surface area contributed by atoms with Crippen LogP contribution in [0.2, 0.25) is 0 Å². The first-order valence-electron chi connectivity index (χ1n) is 5.68. The first-order valence-corrected chi connectivity index (χ1v) is 7.99. The Morgan fingerprint density at radius 1 is 1.61 bits per heavy atom. The highest BCUT2D eigenvalue weighted by molar-refractivity contribution is 8.13. The Morgan fingerprint density at radius 3 is 2.72 bits per heavy atom. The number of aromatic nitrogens is 2. The molecule has 2 rings (SSSR count). The van der Waals surface area contributed by atoms with Gasteiger partial charge in [0, 0.05) is 29.5 Å². The molecular weight excluding hydrogens is 278 g/mol. The van der Waals surface area contributed by atoms with Crippen molar-refractivity contribution >= 4 is 25.6 Å². The van der Waals surface area contributed by atoms with Gasteiger partial charge in [0.15, 0.2) is 0 Å². The van der Waals surface area contributed by atoms with Crippen molar-refractivity contribution in [2.24, 2.45) is 0 Å². The third-order valence-electron chi connectivity index (χ3n) is 2.84. The van der Waals surface area contributed by atoms with E-state index in [0.717, 1.165) is 19.0 Å². The summed E-state index contributed by atoms with van der Waals surface area (Å²) >= 11 is 0. The van der Waals surface area contributed by atoms with E-state index in [1.54, 1.807) is 4.90 Å². The largest absolute Gasteiger partial charge is 0.338 e. The summed E-state index contributed by atoms with van der Waals surface area (Å²) < 4.78 is 23.4. The highest BCUT2D eigenvalue weighted by Crippen LogP contribution is 2.26. The van der Waals surface area contributed by atoms with Gasteiger partial charge in [-0.25, -0.2) is 8.42 Å². The summed E-state index contributed by atoms with van der Waals surface area (Å²) in [6, 6.07) is 0.342. The predicted octanol–water partition coefficient (Wildman–Crippen LogP) is 0.822. The van der Waals surface area contributed by atoms with Crippen molar-refractivity contribution in [3.63, 3.8) is 0 Å². The molecule has 8 heteroatoms. The number of likely N-dealkylation sites (N-methyl/N-ethyl adjacent to an activating group) is 1. The summed E-state index contributed by atoms with van der Waals surface area (Å²) in [6.07, 6.45) is 4.49. The van der Waals surface area contributed by atoms with Crippen molar-refractivity contribution in [3.05, 3.63) is 12.4 Å². The number of carbonyl (C=O) groups excluding carboxylic acids is 1. The SMILES string of the molecule is CCN(C(=O)Cn1cc(S(=O)(=O)Cl)cn1)C1CC1. The monoisotopic (exact) mass is 291 g/mol. The number of nitrogens with zero attached hydrogens (tertiary/aromatic N) is 3. The zero-order valence-electron chi connectivity index (χ0n) is 9.91. The summed E-state index contributed by atoms with van der Waals surface area (Å²) in [7, 11) is 1.40. The predicted molar refractivity (Wildman–Crippen MR) is 65.7 cm³/mol. The van der Waals surface area contributed by atoms with Crippen LogP contribution in [-0.2, 0) is 20.4 Å². The minimum atomic E-state index is -3.78. The van der Waals surface area contributed by atoms with Crippen LogP contribution in [0.1, 0.15) is 19.8 Å². The molecule has 0 unspecified atom stereocenters. The van der Waals surface area contributed by atoms with Crippen LogP contribution in [0, 0.1) is 0 Å². The maximum absolute atomic E-state index is 12.0. The maximum Gasteiger partial charge on any atom is 0.264 e. The van der Waals surface area contributed by atoms with Crippen LogP contribution in [-0.4, -0.2) is 41.6 Å². The third kappa shape index (κ3) is 3.02. The summed E-state index contributed by atoms with van der Waals surface area (Å²) in [4.78, 5) is 13.7. The highest BCUT2D eigenvalue weighted by atomic mass is 35.7. The van der Waals surface area contributed by atoms with Crippen LogP contribution in [0.15, 0.2) is 17.3 Å². The van der Waals surface area contributed by atoms with E-state index in [9.17, 15) is 13.2 Å². The van der Waals surface area contributed by atoms with Crippen LogP contribution in [0.3, 0.4) is 0 Å². The van der Waals surface area contributed by atoms with E-state index in [2.05, 4.69) is 5.10 Å². The number of amides is 1. The van der Waals surface area contributed by atoms with Crippen molar-refractivity contribution in [3.8, 4) is 0 Å². The molecule has 0 atom stereocenters. The molecule has 18 heavy (non-hydrogen) atoms. The Hall–Kier alpha value is -1.08. The van der Waals surface area contributed by atoms with Crippen LogP contribution in [0.25, 0.3) is 0 Å². The zero-order valence-corrected chi connectivity index (χ0v) is 11.5. The fourth-order valence-corrected chi connectivity index (χ4v) is 2.47. The van der Waals surface area contributed by atoms with Gasteiger partial charge in [-0.2, -0.15) is 5.10 Å². The van der Waals surface area contributed by atoms with Crippen molar-refractivity contribution in [2.75, 3.05) is 6.54 Å². The Labute approximate surface area is 110 Å². The van der Waals surface area contributed by atoms with Gasteiger partial charge in [0.25, 0.3) is 9.05 Å². The minimum Gasteiger partial charge on any atom is -0.338 e. The van der Waals surface area contributed by atoms with Gasteiger partial charge in [-0.15, -0.1) is 0 Å². The first kappa shape index (κ1) is 13.4. The van der Waals surface area contributed by atoms with Crippen molar-refractivity contribution in [2.45, 2.75) is 37.2 Å². The molecule has 1 aromatic heterocycles. The Morgan fingerprint density at radius 2 is 2.28 bits per heavy atom. The fraction of sp³-hybridized carbons (Fsp3) is 0.600. The standard InChI is InChI=1S/C10H14ClN3O3S/c1-2-14(8-3-4-8)10(15)7-13-6-9(5-12-13)18(11,16)17/h5-6,8H,2-4,7H2,1H3. The zero-order chi connectivity index (χ0) is 13.3. The van der Waals surface area contributed by atoms with Crippen molar-refractivity contribution in [1.82, 2.24) is 14.7 Å². The molecule has 1 aromatic rings. The van der Waals surface area contributed by atoms with Crippen molar-refractivity contribution in [1.29, 1.82) is 0 Å². The van der Waals surface area contributed by atoms with Crippen molar-refractivity contribution < 1.29 is 13.2 Å². The van der Waals surface area contributed by atoms with E-state index in [4.69, 9.17) is 10.7 Å². The lowest BCUT2D eigenvalue weighted by molar-refractivity contribution is -0.132. The van der Waals surface area contributed by atoms with Crippen LogP contribution >= 0.6 is 10.7 Å². The summed E-state index contributed by atoms with van der Waals surface area (Å²) in [6.45, 7) is 2.62. The Kier molecular flexibility index (Phi) is 3.63. The normalized spacial score (nSPS) is 15.7. The molecule has 0 bridgehead atoms. The van der Waals surface area contributed by atoms with E-state index >= 15 is 0 Å². The smallest absolute Gasteiger partial charge is 0.264 e. The molecule has 1 amide bonds. The van der Waals surface area contributed by atoms with Gasteiger partial charge in [0.2, 0.25) is 5.91 Å². The van der Waals surface area contributed by atoms with Crippen LogP contribution in [0.4, 0.5) is 0 Å². The van der Waals surface area contributed by atoms with Gasteiger partial charge in [-0.3, -0.25) is 9.48 Å². The lowest BCUT2D eigenvalue weighted by atomic mass is 10.4. The van der Waals surface area contributed by atoms with Gasteiger partial charge in [0.1, 0.15) is 11.4 Å². The second kappa shape index (κ2) is 4.89. The average Bonchev–Trinajstić information content (AvgIpc) is 2.97. The van der Waals surface area contributed by atoms with Gasteiger partial charge >= 0.3 is 0 Å². The summed E-state index contributed by atoms with van der Waals surface area (Å²) in [5.74, 6) is -0.0541. The second-order valence-corrected chi connectivity index (χ2v) is 6.79. The number of hydrogen-bond donors (Lipinski definition) is 0. The Balaban J connectivity index is 2.05. The molecule has 100 valence electrons. The molecule has 1 saturated carbocycles. The fourth-order valence-electron chi connectivity index (χ4n) is 1.81. The molecule has 1 aliphatic rings. The number of hydrogen-bond acceptors (Lipinski definition) is 4. The van der Waals surface area contributed by atoms with E-state index in [1.165, 1.54) is 10.9 Å². The molecule has 0 radical (unpaired) electrons. The van der Waals surface area contributed by atoms with Gasteiger partial charge < -0.3 is 4.90 Å². The quantitative estimate of drug-likeness (QED) is 0.753. The molecule has 0 N–H and O–H groups in total. The molecule has 0 saturated heterocycles. The van der Waals surface area contributed by atoms with E-state index in [0.29, 0.717) is 12.6 Å². The van der Waals surface area contributed by atoms with E-state index in [1.807, 2.05) is 6.92 Å². The van der Waals surface area contributed by atoms with Crippen LogP contribution in [0.5, 0.6) is 0 Å². The first-order chi connectivity index (χ1) is 8.41. The Bertz CT molecular complexity index is 550. The second-order valence-electron chi connectivity index (χ2n) is 4.22. The molecule has 0 aromatic carbocycles. The molecule has 0 aliphatic heterocycles.